The van der Waals surface area contributed by atoms with Crippen molar-refractivity contribution in [2.24, 2.45) is 0 Å². The van der Waals surface area contributed by atoms with Crippen LogP contribution in [0.25, 0.3) is 0 Å². The molecule has 0 aromatic heterocycles. The Balaban J connectivity index is 1.07. The Morgan fingerprint density at radius 3 is 1.00 bits per heavy atom. The van der Waals surface area contributed by atoms with Gasteiger partial charge in [-0.2, -0.15) is 0 Å². The average molecular weight is 1030 g/mol. The molecule has 2 aliphatic rings. The maximum absolute atomic E-state index is 13.2. The fourth-order valence-corrected chi connectivity index (χ4v) is 10.1. The lowest BCUT2D eigenvalue weighted by Crippen LogP contribution is -2.63. The highest BCUT2D eigenvalue weighted by atomic mass is 32.2. The van der Waals surface area contributed by atoms with Crippen molar-refractivity contribution >= 4 is 16.9 Å². The fourth-order valence-electron chi connectivity index (χ4n) is 9.21. The predicted octanol–water partition coefficient (Wildman–Crippen LogP) is 11.5. The van der Waals surface area contributed by atoms with Crippen molar-refractivity contribution in [3.8, 4) is 0 Å². The predicted molar refractivity (Wildman–Crippen MR) is 288 cm³/mol. The molecule has 7 aromatic carbocycles. The van der Waals surface area contributed by atoms with Gasteiger partial charge in [0, 0.05) is 6.92 Å². The molecule has 0 amide bonds. The van der Waals surface area contributed by atoms with Gasteiger partial charge in [-0.3, -0.25) is 4.79 Å². The van der Waals surface area contributed by atoms with E-state index in [1.54, 1.807) is 0 Å². The first-order valence-electron chi connectivity index (χ1n) is 25.7. The molecule has 0 spiro atoms. The number of thioether (sulfide) groups is 1. The monoisotopic (exact) mass is 1030 g/mol. The van der Waals surface area contributed by atoms with Crippen molar-refractivity contribution in [2.75, 3.05) is 13.2 Å². The molecular formula is C63H66O11S. The maximum atomic E-state index is 13.2. The Hall–Kier alpha value is -5.84. The van der Waals surface area contributed by atoms with Crippen molar-refractivity contribution in [2.45, 2.75) is 114 Å². The van der Waals surface area contributed by atoms with E-state index in [9.17, 15) is 4.79 Å². The van der Waals surface area contributed by atoms with Crippen molar-refractivity contribution in [1.29, 1.82) is 0 Å². The molecule has 12 heteroatoms. The van der Waals surface area contributed by atoms with Crippen LogP contribution in [0.3, 0.4) is 0 Å². The van der Waals surface area contributed by atoms with E-state index < -0.39 is 60.6 Å². The van der Waals surface area contributed by atoms with E-state index in [2.05, 4.69) is 0 Å². The van der Waals surface area contributed by atoms with Crippen molar-refractivity contribution < 1.29 is 52.2 Å². The highest BCUT2D eigenvalue weighted by Crippen LogP contribution is 2.37. The van der Waals surface area contributed by atoms with Crippen LogP contribution < -0.4 is 0 Å². The maximum Gasteiger partial charge on any atom is 0.188 e. The summed E-state index contributed by atoms with van der Waals surface area (Å²) in [6.45, 7) is 3.51. The molecule has 2 fully saturated rings. The van der Waals surface area contributed by atoms with Crippen LogP contribution in [-0.2, 0) is 98.4 Å². The average Bonchev–Trinajstić information content (AvgIpc) is 3.46. The van der Waals surface area contributed by atoms with Crippen molar-refractivity contribution in [3.05, 3.63) is 251 Å². The Labute approximate surface area is 445 Å². The summed E-state index contributed by atoms with van der Waals surface area (Å²) < 4.78 is 69.3. The first kappa shape index (κ1) is 54.0. The second-order valence-corrected chi connectivity index (χ2v) is 19.9. The van der Waals surface area contributed by atoms with Crippen LogP contribution >= 0.6 is 11.8 Å². The van der Waals surface area contributed by atoms with Gasteiger partial charge in [0.15, 0.2) is 11.4 Å². The molecule has 0 unspecified atom stereocenters. The lowest BCUT2D eigenvalue weighted by atomic mass is 9.97. The molecule has 0 saturated carbocycles. The second kappa shape index (κ2) is 28.9. The van der Waals surface area contributed by atoms with E-state index in [4.69, 9.17) is 47.4 Å². The van der Waals surface area contributed by atoms with Gasteiger partial charge in [-0.15, -0.1) is 0 Å². The molecule has 0 bridgehead atoms. The van der Waals surface area contributed by atoms with Crippen molar-refractivity contribution in [1.82, 2.24) is 0 Å². The normalized spacial score (nSPS) is 23.6. The van der Waals surface area contributed by atoms with E-state index in [1.165, 1.54) is 6.92 Å². The Morgan fingerprint density at radius 2 is 0.640 bits per heavy atom. The number of rotatable bonds is 26. The summed E-state index contributed by atoms with van der Waals surface area (Å²) in [4.78, 5) is 13.2. The molecule has 2 heterocycles. The van der Waals surface area contributed by atoms with Gasteiger partial charge in [-0.05, 0) is 38.9 Å². The summed E-state index contributed by atoms with van der Waals surface area (Å²) in [6.07, 6.45) is -6.98. The van der Waals surface area contributed by atoms with Crippen LogP contribution in [0.4, 0.5) is 0 Å². The quantitative estimate of drug-likeness (QED) is 0.0515. The number of ether oxygens (including phenoxy) is 10. The molecule has 0 N–H and O–H groups in total. The summed E-state index contributed by atoms with van der Waals surface area (Å²) >= 11 is 1.06. The van der Waals surface area contributed by atoms with Gasteiger partial charge in [0.25, 0.3) is 0 Å². The minimum absolute atomic E-state index is 0.0561. The minimum atomic E-state index is -1.04. The Morgan fingerprint density at radius 1 is 0.347 bits per heavy atom. The number of carbonyl (C=O) groups is 1. The minimum Gasteiger partial charge on any atom is -0.374 e. The third-order valence-corrected chi connectivity index (χ3v) is 13.9. The lowest BCUT2D eigenvalue weighted by Gasteiger charge is -2.48. The van der Waals surface area contributed by atoms with E-state index in [1.807, 2.05) is 212 Å². The first-order chi connectivity index (χ1) is 37.0. The summed E-state index contributed by atoms with van der Waals surface area (Å²) in [5, 5.41) is -0.137. The fraction of sp³-hybridized carbons (Fsp3) is 0.317. The first-order valence-corrected chi connectivity index (χ1v) is 26.5. The molecule has 75 heavy (non-hydrogen) atoms. The van der Waals surface area contributed by atoms with Gasteiger partial charge in [0.2, 0.25) is 0 Å². The summed E-state index contributed by atoms with van der Waals surface area (Å²) in [7, 11) is 0. The molecule has 2 saturated heterocycles. The lowest BCUT2D eigenvalue weighted by molar-refractivity contribution is -0.337. The van der Waals surface area contributed by atoms with E-state index in [-0.39, 0.29) is 58.0 Å². The van der Waals surface area contributed by atoms with E-state index >= 15 is 0 Å². The zero-order valence-corrected chi connectivity index (χ0v) is 43.1. The van der Waals surface area contributed by atoms with Gasteiger partial charge in [-0.25, -0.2) is 0 Å². The largest absolute Gasteiger partial charge is 0.374 e. The van der Waals surface area contributed by atoms with Crippen LogP contribution in [0.2, 0.25) is 0 Å². The Kier molecular flexibility index (Phi) is 20.8. The van der Waals surface area contributed by atoms with Crippen molar-refractivity contribution in [3.63, 3.8) is 0 Å². The summed E-state index contributed by atoms with van der Waals surface area (Å²) in [6, 6.07) is 70.0. The van der Waals surface area contributed by atoms with Crippen LogP contribution in [0.15, 0.2) is 212 Å². The summed E-state index contributed by atoms with van der Waals surface area (Å²) in [5.74, 6) is 0. The zero-order chi connectivity index (χ0) is 51.3. The molecule has 9 rings (SSSR count). The SMILES string of the molecule is CC(=O)S[C@H]1O[C@H](CO[C@@H]2O[C@H](COCc3ccccc3)[C@@H](OCc3ccccc3)[C@H](OCc3ccccc3)[C@H]2OCc2ccccc2)[C@@H](OCc2ccccc2)[C@H](OCc2ccccc2)[C@H]1OCc1ccccc1. The molecule has 11 nitrogen and oxygen atoms in total. The number of hydrogen-bond donors (Lipinski definition) is 0. The molecule has 0 aliphatic carbocycles. The van der Waals surface area contributed by atoms with Gasteiger partial charge >= 0.3 is 0 Å². The molecule has 0 radical (unpaired) electrons. The zero-order valence-electron chi connectivity index (χ0n) is 42.2. The number of benzene rings is 7. The van der Waals surface area contributed by atoms with Crippen LogP contribution in [0, 0.1) is 0 Å². The van der Waals surface area contributed by atoms with Crippen LogP contribution in [-0.4, -0.2) is 78.9 Å². The third kappa shape index (κ3) is 16.3. The molecule has 390 valence electrons. The second-order valence-electron chi connectivity index (χ2n) is 18.6. The standard InChI is InChI=1S/C63H66O11S/c1-46(64)75-63-61(71-43-53-35-21-8-22-36-53)59(69-41-51-31-17-6-18-32-51)57(67-39-49-27-13-4-14-28-49)55(74-63)45-72-62-60(70-42-52-33-19-7-20-34-52)58(68-40-50-29-15-5-16-30-50)56(66-38-48-25-11-3-12-26-48)54(73-62)44-65-37-47-23-9-2-10-24-47/h2-36,54-63H,37-45H2,1H3/t54-,55-,56-,57-,58+,59+,60-,61-,62-,63-/m1/s1. The van der Waals surface area contributed by atoms with Gasteiger partial charge in [0.1, 0.15) is 54.3 Å². The summed E-state index contributed by atoms with van der Waals surface area (Å²) in [5.41, 5.74) is 6.05. The van der Waals surface area contributed by atoms with Crippen LogP contribution in [0.5, 0.6) is 0 Å². The van der Waals surface area contributed by atoms with Gasteiger partial charge in [-0.1, -0.05) is 224 Å². The topological polar surface area (TPSA) is 109 Å². The molecule has 10 atom stereocenters. The Bertz CT molecular complexity index is 2680. The third-order valence-electron chi connectivity index (χ3n) is 13.0. The molecular weight excluding hydrogens is 965 g/mol. The van der Waals surface area contributed by atoms with E-state index in [0.29, 0.717) is 6.61 Å². The highest BCUT2D eigenvalue weighted by molar-refractivity contribution is 8.14. The molecule has 2 aliphatic heterocycles. The van der Waals surface area contributed by atoms with E-state index in [0.717, 1.165) is 50.7 Å². The van der Waals surface area contributed by atoms with Gasteiger partial charge < -0.3 is 47.4 Å². The highest BCUT2D eigenvalue weighted by Gasteiger charge is 2.52. The number of carbonyl (C=O) groups excluding carboxylic acids is 1. The van der Waals surface area contributed by atoms with Gasteiger partial charge in [0.05, 0.1) is 59.5 Å². The smallest absolute Gasteiger partial charge is 0.188 e. The number of hydrogen-bond acceptors (Lipinski definition) is 12. The van der Waals surface area contributed by atoms with Crippen LogP contribution in [0.1, 0.15) is 45.9 Å². The molecule has 7 aromatic rings.